The number of hydrogen-bond acceptors (Lipinski definition) is 5. The lowest BCUT2D eigenvalue weighted by atomic mass is 10.2. The monoisotopic (exact) mass is 308 g/mol. The minimum absolute atomic E-state index is 0.188. The van der Waals surface area contributed by atoms with E-state index in [1.165, 1.54) is 0 Å². The van der Waals surface area contributed by atoms with E-state index in [1.807, 2.05) is 11.8 Å². The predicted octanol–water partition coefficient (Wildman–Crippen LogP) is 1.05. The summed E-state index contributed by atoms with van der Waals surface area (Å²) in [4.78, 5) is 2.04. The summed E-state index contributed by atoms with van der Waals surface area (Å²) < 4.78 is 25.0. The van der Waals surface area contributed by atoms with Crippen LogP contribution >= 0.6 is 11.8 Å². The highest BCUT2D eigenvalue weighted by molar-refractivity contribution is 7.92. The Morgan fingerprint density at radius 2 is 2.26 bits per heavy atom. The normalized spacial score (nSPS) is 22.4. The minimum atomic E-state index is -2.23. The molecule has 0 saturated carbocycles. The van der Waals surface area contributed by atoms with E-state index in [-0.39, 0.29) is 6.04 Å². The molecule has 0 aliphatic carbocycles. The number of ether oxygens (including phenoxy) is 1. The van der Waals surface area contributed by atoms with Crippen LogP contribution in [0.5, 0.6) is 0 Å². The molecule has 1 aliphatic rings. The molecule has 1 heterocycles. The number of morpholine rings is 1. The number of hydrogen-bond donors (Lipinski definition) is 1. The first kappa shape index (κ1) is 16.3. The Morgan fingerprint density at radius 3 is 2.74 bits per heavy atom. The second-order valence-electron chi connectivity index (χ2n) is 4.61. The smallest absolute Gasteiger partial charge is 0.147 e. The van der Waals surface area contributed by atoms with Gasteiger partial charge in [-0.05, 0) is 6.92 Å². The zero-order valence-electron chi connectivity index (χ0n) is 11.7. The Morgan fingerprint density at radius 1 is 1.58 bits per heavy atom. The number of nitrogens with zero attached hydrogens (tertiary/aromatic N) is 3. The van der Waals surface area contributed by atoms with Gasteiger partial charge in [-0.2, -0.15) is 8.87 Å². The van der Waals surface area contributed by atoms with E-state index in [1.54, 1.807) is 25.6 Å². The summed E-state index contributed by atoms with van der Waals surface area (Å²) >= 11 is 5.66. The van der Waals surface area contributed by atoms with Crippen molar-refractivity contribution in [3.63, 3.8) is 0 Å². The molecule has 8 heteroatoms. The van der Waals surface area contributed by atoms with Gasteiger partial charge in [-0.1, -0.05) is 0 Å². The summed E-state index contributed by atoms with van der Waals surface area (Å²) in [5.41, 5.74) is 0. The summed E-state index contributed by atoms with van der Waals surface area (Å²) in [5.74, 6) is 1.09. The van der Waals surface area contributed by atoms with Gasteiger partial charge < -0.3 is 15.0 Å². The fourth-order valence-electron chi connectivity index (χ4n) is 1.73. The van der Waals surface area contributed by atoms with E-state index in [2.05, 4.69) is 14.2 Å². The van der Waals surface area contributed by atoms with Crippen molar-refractivity contribution in [2.75, 3.05) is 39.3 Å². The summed E-state index contributed by atoms with van der Waals surface area (Å²) in [6, 6.07) is 0.188. The molecule has 1 rings (SSSR count). The van der Waals surface area contributed by atoms with Crippen LogP contribution in [0.2, 0.25) is 0 Å². The first-order valence-corrected chi connectivity index (χ1v) is 8.64. The first-order valence-electron chi connectivity index (χ1n) is 5.97. The maximum atomic E-state index is 11.7. The van der Waals surface area contributed by atoms with E-state index < -0.39 is 9.73 Å². The predicted molar refractivity (Wildman–Crippen MR) is 79.8 cm³/mol. The van der Waals surface area contributed by atoms with Crippen molar-refractivity contribution in [1.29, 1.82) is 0 Å². The molecule has 19 heavy (non-hydrogen) atoms. The maximum absolute atomic E-state index is 11.7. The second kappa shape index (κ2) is 7.12. The molecule has 6 nitrogen and oxygen atoms in total. The Bertz CT molecular complexity index is 475. The van der Waals surface area contributed by atoms with E-state index in [9.17, 15) is 4.21 Å². The van der Waals surface area contributed by atoms with E-state index in [0.717, 1.165) is 0 Å². The van der Waals surface area contributed by atoms with Crippen molar-refractivity contribution in [2.24, 2.45) is 8.87 Å². The number of nitrogens with one attached hydrogen (secondary N) is 1. The average Bonchev–Trinajstić information content (AvgIpc) is 2.34. The summed E-state index contributed by atoms with van der Waals surface area (Å²) in [5, 5.41) is 2.90. The second-order valence-corrected chi connectivity index (χ2v) is 7.33. The van der Waals surface area contributed by atoms with Crippen molar-refractivity contribution in [1.82, 2.24) is 10.2 Å². The van der Waals surface area contributed by atoms with Crippen LogP contribution in [-0.2, 0) is 14.5 Å². The van der Waals surface area contributed by atoms with Crippen molar-refractivity contribution in [2.45, 2.75) is 13.0 Å². The Balaban J connectivity index is 3.00. The zero-order valence-corrected chi connectivity index (χ0v) is 13.3. The molecule has 0 bridgehead atoms. The molecule has 0 unspecified atom stereocenters. The molecule has 1 atom stereocenters. The molecular weight excluding hydrogens is 288 g/mol. The highest BCUT2D eigenvalue weighted by Gasteiger charge is 2.21. The lowest BCUT2D eigenvalue weighted by Gasteiger charge is -2.34. The molecule has 1 fully saturated rings. The van der Waals surface area contributed by atoms with Gasteiger partial charge in [-0.15, -0.1) is 0 Å². The minimum Gasteiger partial charge on any atom is -0.377 e. The molecule has 1 N–H and O–H groups in total. The van der Waals surface area contributed by atoms with Gasteiger partial charge in [0.15, 0.2) is 0 Å². The van der Waals surface area contributed by atoms with E-state index in [4.69, 9.17) is 16.5 Å². The Labute approximate surface area is 120 Å². The quantitative estimate of drug-likeness (QED) is 0.625. The fourth-order valence-corrected chi connectivity index (χ4v) is 2.49. The molecule has 1 aliphatic heterocycles. The Kier molecular flexibility index (Phi) is 6.09. The number of halogens is 1. The van der Waals surface area contributed by atoms with Crippen LogP contribution in [0.25, 0.3) is 0 Å². The van der Waals surface area contributed by atoms with E-state index in [0.29, 0.717) is 31.4 Å². The lowest BCUT2D eigenvalue weighted by molar-refractivity contribution is 0.0337. The summed E-state index contributed by atoms with van der Waals surface area (Å²) in [6.07, 6.45) is 4.85. The van der Waals surface area contributed by atoms with E-state index >= 15 is 0 Å². The third-order valence-corrected chi connectivity index (χ3v) is 3.40. The van der Waals surface area contributed by atoms with Crippen LogP contribution in [-0.4, -0.2) is 60.3 Å². The average molecular weight is 309 g/mol. The number of amidine groups is 1. The maximum Gasteiger partial charge on any atom is 0.147 e. The van der Waals surface area contributed by atoms with Crippen molar-refractivity contribution in [3.8, 4) is 0 Å². The van der Waals surface area contributed by atoms with Crippen molar-refractivity contribution in [3.05, 3.63) is 11.9 Å². The topological polar surface area (TPSA) is 66.3 Å². The molecule has 0 aromatic heterocycles. The van der Waals surface area contributed by atoms with Gasteiger partial charge in [0, 0.05) is 53.7 Å². The van der Waals surface area contributed by atoms with Crippen LogP contribution < -0.4 is 5.32 Å². The highest BCUT2D eigenvalue weighted by atomic mass is 35.5. The van der Waals surface area contributed by atoms with Crippen LogP contribution in [0, 0.1) is 0 Å². The fraction of sp³-hybridized carbons (Fsp3) is 0.727. The third kappa shape index (κ3) is 5.38. The van der Waals surface area contributed by atoms with Crippen LogP contribution in [0.1, 0.15) is 6.92 Å². The SMILES string of the molecule is CN/C(=C\C(=NCl)N1CCOC[C@H]1C)N=S(C)(C)=O. The summed E-state index contributed by atoms with van der Waals surface area (Å²) in [7, 11) is -0.513. The molecule has 0 amide bonds. The lowest BCUT2D eigenvalue weighted by Crippen LogP contribution is -2.46. The van der Waals surface area contributed by atoms with Gasteiger partial charge in [0.1, 0.15) is 11.7 Å². The van der Waals surface area contributed by atoms with Gasteiger partial charge in [-0.25, -0.2) is 4.21 Å². The van der Waals surface area contributed by atoms with Gasteiger partial charge in [0.25, 0.3) is 0 Å². The van der Waals surface area contributed by atoms with Crippen LogP contribution in [0.4, 0.5) is 0 Å². The molecule has 1 saturated heterocycles. The largest absolute Gasteiger partial charge is 0.377 e. The van der Waals surface area contributed by atoms with Crippen molar-refractivity contribution >= 4 is 27.3 Å². The number of rotatable bonds is 3. The van der Waals surface area contributed by atoms with Gasteiger partial charge in [0.2, 0.25) is 0 Å². The first-order chi connectivity index (χ1) is 8.87. The molecule has 0 aromatic rings. The third-order valence-electron chi connectivity index (χ3n) is 2.59. The highest BCUT2D eigenvalue weighted by Crippen LogP contribution is 2.10. The standard InChI is InChI=1S/C11H21ClN4O2S/c1-9-8-18-6-5-16(9)11(14-12)7-10(13-2)15-19(3,4)17/h7,9,13H,5-6,8H2,1-4H3/b10-7+,14-11?/t9-/m1/s1. The zero-order chi connectivity index (χ0) is 14.5. The Hall–Kier alpha value is -0.790. The van der Waals surface area contributed by atoms with Gasteiger partial charge in [-0.3, -0.25) is 0 Å². The molecule has 110 valence electrons. The molecule has 0 spiro atoms. The molecular formula is C11H21ClN4O2S. The van der Waals surface area contributed by atoms with Crippen LogP contribution in [0.15, 0.2) is 20.8 Å². The van der Waals surface area contributed by atoms with Gasteiger partial charge >= 0.3 is 0 Å². The summed E-state index contributed by atoms with van der Waals surface area (Å²) in [6.45, 7) is 4.02. The van der Waals surface area contributed by atoms with Crippen LogP contribution in [0.3, 0.4) is 0 Å². The van der Waals surface area contributed by atoms with Gasteiger partial charge in [0.05, 0.1) is 19.3 Å². The molecule has 0 aromatic carbocycles. The molecule has 0 radical (unpaired) electrons. The van der Waals surface area contributed by atoms with Crippen molar-refractivity contribution < 1.29 is 8.95 Å².